The van der Waals surface area contributed by atoms with Gasteiger partial charge in [0, 0.05) is 25.7 Å². The molecule has 1 aromatic heterocycles. The fourth-order valence-electron chi connectivity index (χ4n) is 3.78. The molecule has 2 fully saturated rings. The Morgan fingerprint density at radius 2 is 1.83 bits per heavy atom. The van der Waals surface area contributed by atoms with Crippen molar-refractivity contribution >= 4 is 17.3 Å². The highest BCUT2D eigenvalue weighted by Crippen LogP contribution is 2.38. The average molecular weight is 319 g/mol. The van der Waals surface area contributed by atoms with Gasteiger partial charge in [-0.05, 0) is 44.9 Å². The second-order valence-electron chi connectivity index (χ2n) is 6.43. The van der Waals surface area contributed by atoms with Gasteiger partial charge in [-0.1, -0.05) is 6.92 Å². The maximum atomic E-state index is 11.8. The van der Waals surface area contributed by atoms with Crippen LogP contribution in [0.4, 0.5) is 17.3 Å². The first-order chi connectivity index (χ1) is 11.2. The van der Waals surface area contributed by atoms with Crippen molar-refractivity contribution in [1.82, 2.24) is 9.97 Å². The van der Waals surface area contributed by atoms with E-state index < -0.39 is 0 Å². The van der Waals surface area contributed by atoms with Crippen LogP contribution in [0, 0.1) is 10.1 Å². The Bertz CT molecular complexity index is 559. The van der Waals surface area contributed by atoms with E-state index in [-0.39, 0.29) is 10.6 Å². The third-order valence-corrected chi connectivity index (χ3v) is 4.99. The quantitative estimate of drug-likeness (QED) is 0.627. The van der Waals surface area contributed by atoms with Gasteiger partial charge in [0.1, 0.15) is 6.33 Å². The normalized spacial score (nSPS) is 22.2. The number of anilines is 2. The van der Waals surface area contributed by atoms with E-state index in [1.165, 1.54) is 19.2 Å². The number of rotatable bonds is 4. The molecule has 0 radical (unpaired) electrons. The number of hydrogen-bond donors (Lipinski definition) is 0. The summed E-state index contributed by atoms with van der Waals surface area (Å²) in [4.78, 5) is 24.3. The molecule has 3 rings (SSSR count). The molecule has 0 bridgehead atoms. The van der Waals surface area contributed by atoms with E-state index >= 15 is 0 Å². The minimum Gasteiger partial charge on any atom is -0.351 e. The summed E-state index contributed by atoms with van der Waals surface area (Å²) in [7, 11) is 0. The molecule has 0 aromatic carbocycles. The summed E-state index contributed by atoms with van der Waals surface area (Å²) < 4.78 is 0. The molecule has 2 aliphatic heterocycles. The summed E-state index contributed by atoms with van der Waals surface area (Å²) in [6, 6.07) is 0.339. The number of nitrogens with zero attached hydrogens (tertiary/aromatic N) is 5. The van der Waals surface area contributed by atoms with Crippen LogP contribution >= 0.6 is 0 Å². The Morgan fingerprint density at radius 3 is 2.52 bits per heavy atom. The molecule has 0 spiro atoms. The fraction of sp³-hybridized carbons (Fsp3) is 0.750. The van der Waals surface area contributed by atoms with Crippen LogP contribution in [-0.4, -0.2) is 40.6 Å². The van der Waals surface area contributed by atoms with Crippen molar-refractivity contribution < 1.29 is 4.92 Å². The lowest BCUT2D eigenvalue weighted by Crippen LogP contribution is -2.40. The smallest absolute Gasteiger partial charge is 0.351 e. The molecule has 7 heteroatoms. The molecule has 1 aromatic rings. The maximum absolute atomic E-state index is 11.8. The second-order valence-corrected chi connectivity index (χ2v) is 6.43. The van der Waals surface area contributed by atoms with Crippen molar-refractivity contribution in [3.05, 3.63) is 16.4 Å². The largest absolute Gasteiger partial charge is 0.353 e. The van der Waals surface area contributed by atoms with Crippen LogP contribution in [0.15, 0.2) is 6.33 Å². The molecule has 0 saturated carbocycles. The summed E-state index contributed by atoms with van der Waals surface area (Å²) in [5.74, 6) is 1.01. The van der Waals surface area contributed by atoms with E-state index in [9.17, 15) is 10.1 Å². The third kappa shape index (κ3) is 3.23. The molecule has 7 nitrogen and oxygen atoms in total. The highest BCUT2D eigenvalue weighted by molar-refractivity contribution is 5.71. The third-order valence-electron chi connectivity index (χ3n) is 4.99. The lowest BCUT2D eigenvalue weighted by atomic mass is 10.00. The Labute approximate surface area is 136 Å². The topological polar surface area (TPSA) is 75.4 Å². The summed E-state index contributed by atoms with van der Waals surface area (Å²) in [6.45, 7) is 4.67. The summed E-state index contributed by atoms with van der Waals surface area (Å²) in [5, 5.41) is 11.8. The first-order valence-electron chi connectivity index (χ1n) is 8.73. The molecule has 2 saturated heterocycles. The van der Waals surface area contributed by atoms with Crippen LogP contribution < -0.4 is 9.80 Å². The summed E-state index contributed by atoms with van der Waals surface area (Å²) in [5.41, 5.74) is 0.0924. The molecule has 0 aliphatic carbocycles. The first kappa shape index (κ1) is 16.0. The molecule has 3 heterocycles. The van der Waals surface area contributed by atoms with Gasteiger partial charge >= 0.3 is 5.69 Å². The standard InChI is InChI=1S/C16H25N5O2/c1-2-13-8-4-7-11-20(13)16-14(21(22)23)15(17-12-18-16)19-9-5-3-6-10-19/h12-13H,2-11H2,1H3. The molecule has 126 valence electrons. The Hall–Kier alpha value is -1.92. The van der Waals surface area contributed by atoms with Crippen LogP contribution in [0.3, 0.4) is 0 Å². The van der Waals surface area contributed by atoms with Gasteiger partial charge in [0.25, 0.3) is 0 Å². The van der Waals surface area contributed by atoms with Gasteiger partial charge in [0.2, 0.25) is 11.6 Å². The van der Waals surface area contributed by atoms with E-state index in [1.807, 2.05) is 0 Å². The summed E-state index contributed by atoms with van der Waals surface area (Å²) >= 11 is 0. The highest BCUT2D eigenvalue weighted by atomic mass is 16.6. The van der Waals surface area contributed by atoms with E-state index in [2.05, 4.69) is 26.7 Å². The molecule has 23 heavy (non-hydrogen) atoms. The van der Waals surface area contributed by atoms with E-state index in [4.69, 9.17) is 0 Å². The molecule has 1 unspecified atom stereocenters. The van der Waals surface area contributed by atoms with Gasteiger partial charge in [-0.3, -0.25) is 10.1 Å². The molecule has 0 N–H and O–H groups in total. The maximum Gasteiger partial charge on any atom is 0.353 e. The number of nitro groups is 1. The van der Waals surface area contributed by atoms with Crippen LogP contribution in [0.1, 0.15) is 51.9 Å². The Morgan fingerprint density at radius 1 is 1.13 bits per heavy atom. The lowest BCUT2D eigenvalue weighted by Gasteiger charge is -2.36. The number of hydrogen-bond acceptors (Lipinski definition) is 6. The van der Waals surface area contributed by atoms with Gasteiger partial charge in [-0.15, -0.1) is 0 Å². The minimum atomic E-state index is -0.291. The van der Waals surface area contributed by atoms with Gasteiger partial charge in [0.15, 0.2) is 0 Å². The van der Waals surface area contributed by atoms with Crippen molar-refractivity contribution in [1.29, 1.82) is 0 Å². The van der Waals surface area contributed by atoms with Crippen molar-refractivity contribution in [2.45, 2.75) is 57.9 Å². The van der Waals surface area contributed by atoms with Crippen molar-refractivity contribution in [2.24, 2.45) is 0 Å². The Balaban J connectivity index is 2.00. The predicted molar refractivity (Wildman–Crippen MR) is 90.0 cm³/mol. The van der Waals surface area contributed by atoms with E-state index in [0.717, 1.165) is 51.7 Å². The van der Waals surface area contributed by atoms with E-state index in [0.29, 0.717) is 17.7 Å². The molecule has 0 amide bonds. The van der Waals surface area contributed by atoms with Crippen molar-refractivity contribution in [3.63, 3.8) is 0 Å². The monoisotopic (exact) mass is 319 g/mol. The SMILES string of the molecule is CCC1CCCCN1c1ncnc(N2CCCCC2)c1[N+](=O)[O-]. The molecular formula is C16H25N5O2. The average Bonchev–Trinajstić information content (AvgIpc) is 2.61. The zero-order valence-corrected chi connectivity index (χ0v) is 13.8. The zero-order chi connectivity index (χ0) is 16.2. The van der Waals surface area contributed by atoms with Gasteiger partial charge in [0.05, 0.1) is 4.92 Å². The van der Waals surface area contributed by atoms with Crippen LogP contribution in [0.25, 0.3) is 0 Å². The minimum absolute atomic E-state index is 0.0924. The first-order valence-corrected chi connectivity index (χ1v) is 8.73. The van der Waals surface area contributed by atoms with Crippen molar-refractivity contribution in [3.8, 4) is 0 Å². The predicted octanol–water partition coefficient (Wildman–Crippen LogP) is 3.14. The van der Waals surface area contributed by atoms with Crippen LogP contribution in [0.2, 0.25) is 0 Å². The number of aromatic nitrogens is 2. The summed E-state index contributed by atoms with van der Waals surface area (Å²) in [6.07, 6.45) is 9.13. The zero-order valence-electron chi connectivity index (χ0n) is 13.8. The van der Waals surface area contributed by atoms with Gasteiger partial charge < -0.3 is 9.80 Å². The number of piperidine rings is 2. The molecule has 2 aliphatic rings. The van der Waals surface area contributed by atoms with Gasteiger partial charge in [-0.2, -0.15) is 0 Å². The van der Waals surface area contributed by atoms with E-state index in [1.54, 1.807) is 0 Å². The highest BCUT2D eigenvalue weighted by Gasteiger charge is 2.33. The molecular weight excluding hydrogens is 294 g/mol. The lowest BCUT2D eigenvalue weighted by molar-refractivity contribution is -0.383. The Kier molecular flexibility index (Phi) is 4.93. The van der Waals surface area contributed by atoms with Gasteiger partial charge in [-0.25, -0.2) is 9.97 Å². The molecule has 1 atom stereocenters. The fourth-order valence-corrected chi connectivity index (χ4v) is 3.78. The second kappa shape index (κ2) is 7.10. The van der Waals surface area contributed by atoms with Crippen LogP contribution in [-0.2, 0) is 0 Å². The van der Waals surface area contributed by atoms with Crippen molar-refractivity contribution in [2.75, 3.05) is 29.4 Å². The van der Waals surface area contributed by atoms with Crippen LogP contribution in [0.5, 0.6) is 0 Å².